The molecule has 132 valence electrons. The van der Waals surface area contributed by atoms with Crippen LogP contribution in [0.3, 0.4) is 0 Å². The van der Waals surface area contributed by atoms with Crippen molar-refractivity contribution >= 4 is 66.7 Å². The Morgan fingerprint density at radius 2 is 1.18 bits per heavy atom. The van der Waals surface area contributed by atoms with Gasteiger partial charge >= 0.3 is 0 Å². The zero-order valence-electron chi connectivity index (χ0n) is 14.6. The summed E-state index contributed by atoms with van der Waals surface area (Å²) in [5, 5.41) is 7.33. The molecule has 0 radical (unpaired) electrons. The molecule has 0 N–H and O–H groups in total. The van der Waals surface area contributed by atoms with Crippen LogP contribution in [0.2, 0.25) is 0 Å². The van der Waals surface area contributed by atoms with Crippen molar-refractivity contribution in [3.63, 3.8) is 0 Å². The van der Waals surface area contributed by atoms with Crippen LogP contribution < -0.4 is 0 Å². The molecule has 0 fully saturated rings. The van der Waals surface area contributed by atoms with Crippen molar-refractivity contribution in [1.29, 1.82) is 0 Å². The van der Waals surface area contributed by atoms with Gasteiger partial charge in [-0.25, -0.2) is 0 Å². The first-order valence-electron chi connectivity index (χ1n) is 8.78. The van der Waals surface area contributed by atoms with Crippen LogP contribution in [0, 0.1) is 0 Å². The van der Waals surface area contributed by atoms with Crippen molar-refractivity contribution in [1.82, 2.24) is 0 Å². The minimum atomic E-state index is -1.33. The summed E-state index contributed by atoms with van der Waals surface area (Å²) in [6, 6.07) is 21.1. The van der Waals surface area contributed by atoms with Gasteiger partial charge in [0.25, 0.3) is 11.6 Å². The molecule has 5 aromatic rings. The first-order valence-corrected chi connectivity index (χ1v) is 8.78. The summed E-state index contributed by atoms with van der Waals surface area (Å²) in [5.41, 5.74) is 0.141. The molecule has 0 atom stereocenters. The predicted molar refractivity (Wildman–Crippen MR) is 108 cm³/mol. The van der Waals surface area contributed by atoms with Gasteiger partial charge < -0.3 is 0 Å². The zero-order chi connectivity index (χ0) is 19.4. The second kappa shape index (κ2) is 5.79. The van der Waals surface area contributed by atoms with Crippen LogP contribution in [-0.4, -0.2) is 23.6 Å². The maximum atomic E-state index is 12.8. The minimum absolute atomic E-state index is 0.117. The topological polar surface area (TPSA) is 68.3 Å². The third-order valence-corrected chi connectivity index (χ3v) is 5.29. The van der Waals surface area contributed by atoms with E-state index in [9.17, 15) is 19.2 Å². The summed E-state index contributed by atoms with van der Waals surface area (Å²) in [7, 11) is 0. The number of benzene rings is 5. The van der Waals surface area contributed by atoms with Gasteiger partial charge in [0.2, 0.25) is 5.78 Å². The van der Waals surface area contributed by atoms with Gasteiger partial charge in [0, 0.05) is 10.9 Å². The van der Waals surface area contributed by atoms with Crippen LogP contribution in [0.25, 0.3) is 43.1 Å². The Morgan fingerprint density at radius 3 is 1.82 bits per heavy atom. The molecule has 0 aliphatic rings. The van der Waals surface area contributed by atoms with Gasteiger partial charge in [-0.3, -0.25) is 19.2 Å². The Kier molecular flexibility index (Phi) is 3.36. The van der Waals surface area contributed by atoms with Gasteiger partial charge in [-0.1, -0.05) is 60.7 Å². The SMILES string of the molecule is O=CC(=O)C(=O)C(=O)c1ccc2cccc3c4cccc5cccc(c1c23)c54. The molecule has 0 unspecified atom stereocenters. The highest BCUT2D eigenvalue weighted by Crippen LogP contribution is 2.41. The third kappa shape index (κ3) is 2.06. The lowest BCUT2D eigenvalue weighted by Gasteiger charge is -2.16. The number of carbonyl (C=O) groups excluding carboxylic acids is 4. The molecular formula is C24H12O4. The Bertz CT molecular complexity index is 1470. The number of Topliss-reactive ketones (excluding diaryl/α,β-unsaturated/α-hetero) is 3. The molecule has 5 rings (SSSR count). The molecule has 0 spiro atoms. The first-order chi connectivity index (χ1) is 13.6. The van der Waals surface area contributed by atoms with Gasteiger partial charge in [-0.2, -0.15) is 0 Å². The van der Waals surface area contributed by atoms with Crippen LogP contribution in [-0.2, 0) is 14.4 Å². The lowest BCUT2D eigenvalue weighted by Crippen LogP contribution is -2.25. The molecule has 0 aliphatic heterocycles. The van der Waals surface area contributed by atoms with Crippen molar-refractivity contribution < 1.29 is 19.2 Å². The van der Waals surface area contributed by atoms with Crippen LogP contribution in [0.1, 0.15) is 10.4 Å². The molecule has 0 aromatic heterocycles. The van der Waals surface area contributed by atoms with E-state index in [2.05, 4.69) is 0 Å². The van der Waals surface area contributed by atoms with Crippen LogP contribution in [0.4, 0.5) is 0 Å². The van der Waals surface area contributed by atoms with Crippen molar-refractivity contribution in [2.24, 2.45) is 0 Å². The first kappa shape index (κ1) is 16.3. The number of rotatable bonds is 4. The van der Waals surface area contributed by atoms with Crippen LogP contribution in [0.15, 0.2) is 66.7 Å². The van der Waals surface area contributed by atoms with Gasteiger partial charge in [-0.05, 0) is 43.8 Å². The minimum Gasteiger partial charge on any atom is -0.294 e. The standard InChI is InChI=1S/C24H12O4/c25-12-19(26)24(28)23(27)18-11-10-14-6-2-8-16-15-7-1-4-13-5-3-9-17(20(13)15)22(18)21(14)16/h1-12H. The Labute approximate surface area is 158 Å². The van der Waals surface area contributed by atoms with Crippen molar-refractivity contribution in [3.8, 4) is 0 Å². The number of hydrogen-bond acceptors (Lipinski definition) is 4. The van der Waals surface area contributed by atoms with Crippen molar-refractivity contribution in [2.75, 3.05) is 0 Å². The van der Waals surface area contributed by atoms with Gasteiger partial charge in [0.1, 0.15) is 0 Å². The summed E-state index contributed by atoms with van der Waals surface area (Å²) in [5.74, 6) is -3.60. The fourth-order valence-corrected chi connectivity index (χ4v) is 4.13. The van der Waals surface area contributed by atoms with Gasteiger partial charge in [-0.15, -0.1) is 0 Å². The number of hydrogen-bond donors (Lipinski definition) is 0. The molecule has 0 heterocycles. The maximum absolute atomic E-state index is 12.8. The molecule has 0 aliphatic carbocycles. The second-order valence-electron chi connectivity index (χ2n) is 6.74. The third-order valence-electron chi connectivity index (χ3n) is 5.29. The van der Waals surface area contributed by atoms with E-state index >= 15 is 0 Å². The van der Waals surface area contributed by atoms with E-state index in [4.69, 9.17) is 0 Å². The molecule has 5 aromatic carbocycles. The maximum Gasteiger partial charge on any atom is 0.276 e. The van der Waals surface area contributed by atoms with E-state index in [0.717, 1.165) is 37.7 Å². The largest absolute Gasteiger partial charge is 0.294 e. The molecule has 0 bridgehead atoms. The Hall–Kier alpha value is -3.92. The lowest BCUT2D eigenvalue weighted by atomic mass is 9.86. The predicted octanol–water partition coefficient (Wildman–Crippen LogP) is 4.26. The summed E-state index contributed by atoms with van der Waals surface area (Å²) in [4.78, 5) is 47.2. The van der Waals surface area contributed by atoms with Crippen molar-refractivity contribution in [2.45, 2.75) is 0 Å². The number of aldehydes is 1. The number of ketones is 3. The van der Waals surface area contributed by atoms with E-state index in [1.807, 2.05) is 54.6 Å². The number of fused-ring (bicyclic) bond motifs is 2. The lowest BCUT2D eigenvalue weighted by molar-refractivity contribution is -0.138. The van der Waals surface area contributed by atoms with Gasteiger partial charge in [0.15, 0.2) is 6.29 Å². The highest BCUT2D eigenvalue weighted by molar-refractivity contribution is 6.77. The van der Waals surface area contributed by atoms with Crippen LogP contribution in [0.5, 0.6) is 0 Å². The summed E-state index contributed by atoms with van der Waals surface area (Å²) >= 11 is 0. The van der Waals surface area contributed by atoms with E-state index in [1.165, 1.54) is 0 Å². The summed E-state index contributed by atoms with van der Waals surface area (Å²) < 4.78 is 0. The molecule has 4 nitrogen and oxygen atoms in total. The zero-order valence-corrected chi connectivity index (χ0v) is 14.6. The average molecular weight is 364 g/mol. The normalized spacial score (nSPS) is 11.4. The Morgan fingerprint density at radius 1 is 0.607 bits per heavy atom. The van der Waals surface area contributed by atoms with E-state index in [1.54, 1.807) is 12.1 Å². The molecule has 0 saturated heterocycles. The quantitative estimate of drug-likeness (QED) is 0.119. The molecular weight excluding hydrogens is 352 g/mol. The second-order valence-corrected chi connectivity index (χ2v) is 6.74. The summed E-state index contributed by atoms with van der Waals surface area (Å²) in [6.45, 7) is 0. The van der Waals surface area contributed by atoms with E-state index in [0.29, 0.717) is 5.39 Å². The van der Waals surface area contributed by atoms with E-state index < -0.39 is 17.3 Å². The fraction of sp³-hybridized carbons (Fsp3) is 0. The van der Waals surface area contributed by atoms with E-state index in [-0.39, 0.29) is 11.8 Å². The van der Waals surface area contributed by atoms with Crippen LogP contribution >= 0.6 is 0 Å². The highest BCUT2D eigenvalue weighted by atomic mass is 16.2. The average Bonchev–Trinajstić information content (AvgIpc) is 2.75. The highest BCUT2D eigenvalue weighted by Gasteiger charge is 2.27. The fourth-order valence-electron chi connectivity index (χ4n) is 4.13. The smallest absolute Gasteiger partial charge is 0.276 e. The van der Waals surface area contributed by atoms with Gasteiger partial charge in [0.05, 0.1) is 0 Å². The molecule has 0 saturated carbocycles. The molecule has 0 amide bonds. The Balaban J connectivity index is 2.03. The summed E-state index contributed by atoms with van der Waals surface area (Å²) in [6.07, 6.45) is -0.117. The monoisotopic (exact) mass is 364 g/mol. The van der Waals surface area contributed by atoms with Crippen molar-refractivity contribution in [3.05, 3.63) is 72.3 Å². The molecule has 4 heteroatoms. The number of carbonyl (C=O) groups is 4. The molecule has 28 heavy (non-hydrogen) atoms.